The highest BCUT2D eigenvalue weighted by molar-refractivity contribution is 5.93. The highest BCUT2D eigenvalue weighted by Crippen LogP contribution is 2.26. The van der Waals surface area contributed by atoms with Crippen LogP contribution in [0.2, 0.25) is 0 Å². The van der Waals surface area contributed by atoms with Gasteiger partial charge in [-0.15, -0.1) is 0 Å². The normalized spacial score (nSPS) is 10.5. The number of hydrogen-bond donors (Lipinski definition) is 2. The standard InChI is InChI=1S/C14H23N3O2/c1-4-8-17(2)9-7-14(18)16-12-10-11(15)5-6-13(12)19-3/h5-6,10H,4,7-9,15H2,1-3H3,(H,16,18). The summed E-state index contributed by atoms with van der Waals surface area (Å²) in [5.74, 6) is 0.580. The van der Waals surface area contributed by atoms with Gasteiger partial charge >= 0.3 is 0 Å². The van der Waals surface area contributed by atoms with Crippen molar-refractivity contribution in [3.8, 4) is 5.75 Å². The van der Waals surface area contributed by atoms with E-state index in [4.69, 9.17) is 10.5 Å². The van der Waals surface area contributed by atoms with Crippen LogP contribution < -0.4 is 15.8 Å². The molecule has 0 spiro atoms. The fourth-order valence-corrected chi connectivity index (χ4v) is 1.82. The van der Waals surface area contributed by atoms with Crippen LogP contribution in [0.4, 0.5) is 11.4 Å². The first-order valence-corrected chi connectivity index (χ1v) is 6.48. The molecule has 1 aromatic carbocycles. The predicted octanol–water partition coefficient (Wildman–Crippen LogP) is 1.95. The van der Waals surface area contributed by atoms with Gasteiger partial charge in [-0.25, -0.2) is 0 Å². The molecule has 19 heavy (non-hydrogen) atoms. The Hall–Kier alpha value is -1.75. The van der Waals surface area contributed by atoms with Gasteiger partial charge in [-0.1, -0.05) is 6.92 Å². The van der Waals surface area contributed by atoms with Crippen molar-refractivity contribution in [1.82, 2.24) is 4.90 Å². The van der Waals surface area contributed by atoms with E-state index in [1.807, 2.05) is 7.05 Å². The van der Waals surface area contributed by atoms with Gasteiger partial charge in [-0.2, -0.15) is 0 Å². The molecule has 1 amide bonds. The van der Waals surface area contributed by atoms with Crippen LogP contribution in [0.3, 0.4) is 0 Å². The average Bonchev–Trinajstić information content (AvgIpc) is 2.37. The van der Waals surface area contributed by atoms with Crippen molar-refractivity contribution in [2.45, 2.75) is 19.8 Å². The number of anilines is 2. The molecule has 1 aromatic rings. The van der Waals surface area contributed by atoms with Crippen molar-refractivity contribution in [2.75, 3.05) is 38.3 Å². The van der Waals surface area contributed by atoms with Gasteiger partial charge in [0, 0.05) is 18.7 Å². The maximum absolute atomic E-state index is 11.9. The molecule has 5 heteroatoms. The summed E-state index contributed by atoms with van der Waals surface area (Å²) in [5, 5.41) is 2.83. The van der Waals surface area contributed by atoms with Crippen molar-refractivity contribution < 1.29 is 9.53 Å². The zero-order valence-electron chi connectivity index (χ0n) is 11.9. The first kappa shape index (κ1) is 15.3. The molecule has 0 aliphatic carbocycles. The molecule has 0 saturated heterocycles. The number of nitrogens with one attached hydrogen (secondary N) is 1. The number of nitrogens with zero attached hydrogens (tertiary/aromatic N) is 1. The Morgan fingerprint density at radius 2 is 2.16 bits per heavy atom. The van der Waals surface area contributed by atoms with Gasteiger partial charge < -0.3 is 20.7 Å². The van der Waals surface area contributed by atoms with Crippen LogP contribution in [0.15, 0.2) is 18.2 Å². The Morgan fingerprint density at radius 1 is 1.42 bits per heavy atom. The van der Waals surface area contributed by atoms with Crippen LogP contribution in [0.25, 0.3) is 0 Å². The molecule has 0 fully saturated rings. The molecule has 0 aliphatic heterocycles. The lowest BCUT2D eigenvalue weighted by Gasteiger charge is -2.15. The van der Waals surface area contributed by atoms with E-state index >= 15 is 0 Å². The first-order chi connectivity index (χ1) is 9.06. The maximum atomic E-state index is 11.9. The first-order valence-electron chi connectivity index (χ1n) is 6.48. The second kappa shape index (κ2) is 7.63. The quantitative estimate of drug-likeness (QED) is 0.739. The molecule has 0 atom stereocenters. The number of ether oxygens (including phenoxy) is 1. The molecule has 0 bridgehead atoms. The van der Waals surface area contributed by atoms with Crippen LogP contribution >= 0.6 is 0 Å². The number of nitrogen functional groups attached to an aromatic ring is 1. The molecule has 0 saturated carbocycles. The van der Waals surface area contributed by atoms with Crippen molar-refractivity contribution in [3.63, 3.8) is 0 Å². The van der Waals surface area contributed by atoms with Gasteiger partial charge in [-0.05, 0) is 38.2 Å². The Labute approximate surface area is 114 Å². The minimum Gasteiger partial charge on any atom is -0.495 e. The van der Waals surface area contributed by atoms with Crippen molar-refractivity contribution >= 4 is 17.3 Å². The minimum atomic E-state index is -0.0353. The summed E-state index contributed by atoms with van der Waals surface area (Å²) in [6.07, 6.45) is 1.54. The zero-order chi connectivity index (χ0) is 14.3. The summed E-state index contributed by atoms with van der Waals surface area (Å²) in [5.41, 5.74) is 6.92. The zero-order valence-corrected chi connectivity index (χ0v) is 11.9. The van der Waals surface area contributed by atoms with E-state index in [1.54, 1.807) is 25.3 Å². The van der Waals surface area contributed by atoms with Crippen LogP contribution in [-0.2, 0) is 4.79 Å². The van der Waals surface area contributed by atoms with Crippen molar-refractivity contribution in [2.24, 2.45) is 0 Å². The fraction of sp³-hybridized carbons (Fsp3) is 0.500. The number of hydrogen-bond acceptors (Lipinski definition) is 4. The molecular formula is C14H23N3O2. The maximum Gasteiger partial charge on any atom is 0.225 e. The third-order valence-corrected chi connectivity index (χ3v) is 2.82. The summed E-state index contributed by atoms with van der Waals surface area (Å²) in [6.45, 7) is 3.85. The van der Waals surface area contributed by atoms with E-state index in [0.717, 1.165) is 19.5 Å². The number of carbonyl (C=O) groups excluding carboxylic acids is 1. The Morgan fingerprint density at radius 3 is 2.79 bits per heavy atom. The molecular weight excluding hydrogens is 242 g/mol. The molecule has 0 radical (unpaired) electrons. The molecule has 1 rings (SSSR count). The second-order valence-corrected chi connectivity index (χ2v) is 4.56. The Kier molecular flexibility index (Phi) is 6.15. The van der Waals surface area contributed by atoms with E-state index in [-0.39, 0.29) is 5.91 Å². The number of benzene rings is 1. The summed E-state index contributed by atoms with van der Waals surface area (Å²) in [6, 6.07) is 5.18. The van der Waals surface area contributed by atoms with Gasteiger partial charge in [0.2, 0.25) is 5.91 Å². The molecule has 0 heterocycles. The van der Waals surface area contributed by atoms with Gasteiger partial charge in [-0.3, -0.25) is 4.79 Å². The molecule has 0 aromatic heterocycles. The lowest BCUT2D eigenvalue weighted by atomic mass is 10.2. The lowest BCUT2D eigenvalue weighted by molar-refractivity contribution is -0.116. The van der Waals surface area contributed by atoms with Crippen molar-refractivity contribution in [3.05, 3.63) is 18.2 Å². The highest BCUT2D eigenvalue weighted by Gasteiger charge is 2.09. The van der Waals surface area contributed by atoms with Gasteiger partial charge in [0.1, 0.15) is 5.75 Å². The number of amides is 1. The molecule has 0 aliphatic rings. The predicted molar refractivity (Wildman–Crippen MR) is 78.4 cm³/mol. The number of carbonyl (C=O) groups is 1. The number of nitrogens with two attached hydrogens (primary N) is 1. The number of methoxy groups -OCH3 is 1. The minimum absolute atomic E-state index is 0.0353. The molecule has 5 nitrogen and oxygen atoms in total. The third kappa shape index (κ3) is 5.18. The molecule has 3 N–H and O–H groups in total. The summed E-state index contributed by atoms with van der Waals surface area (Å²) in [4.78, 5) is 14.0. The van der Waals surface area contributed by atoms with Gasteiger partial charge in [0.05, 0.1) is 12.8 Å². The summed E-state index contributed by atoms with van der Waals surface area (Å²) in [7, 11) is 3.58. The van der Waals surface area contributed by atoms with Crippen LogP contribution in [0.5, 0.6) is 5.75 Å². The largest absolute Gasteiger partial charge is 0.495 e. The topological polar surface area (TPSA) is 67.6 Å². The monoisotopic (exact) mass is 265 g/mol. The van der Waals surface area contributed by atoms with Crippen LogP contribution in [0, 0.1) is 0 Å². The molecule has 0 unspecified atom stereocenters. The summed E-state index contributed by atoms with van der Waals surface area (Å²) >= 11 is 0. The van der Waals surface area contributed by atoms with Crippen LogP contribution in [0.1, 0.15) is 19.8 Å². The smallest absolute Gasteiger partial charge is 0.225 e. The van der Waals surface area contributed by atoms with E-state index in [0.29, 0.717) is 23.5 Å². The van der Waals surface area contributed by atoms with E-state index in [9.17, 15) is 4.79 Å². The fourth-order valence-electron chi connectivity index (χ4n) is 1.82. The van der Waals surface area contributed by atoms with E-state index in [2.05, 4.69) is 17.1 Å². The van der Waals surface area contributed by atoms with Crippen molar-refractivity contribution in [1.29, 1.82) is 0 Å². The van der Waals surface area contributed by atoms with Gasteiger partial charge in [0.15, 0.2) is 0 Å². The summed E-state index contributed by atoms with van der Waals surface area (Å²) < 4.78 is 5.18. The Balaban J connectivity index is 2.54. The van der Waals surface area contributed by atoms with Gasteiger partial charge in [0.25, 0.3) is 0 Å². The average molecular weight is 265 g/mol. The Bertz CT molecular complexity index is 421. The highest BCUT2D eigenvalue weighted by atomic mass is 16.5. The number of rotatable bonds is 7. The van der Waals surface area contributed by atoms with Crippen LogP contribution in [-0.4, -0.2) is 38.1 Å². The molecule has 106 valence electrons. The van der Waals surface area contributed by atoms with E-state index < -0.39 is 0 Å². The lowest BCUT2D eigenvalue weighted by Crippen LogP contribution is -2.25. The second-order valence-electron chi connectivity index (χ2n) is 4.56. The SMILES string of the molecule is CCCN(C)CCC(=O)Nc1cc(N)ccc1OC. The van der Waals surface area contributed by atoms with E-state index in [1.165, 1.54) is 0 Å². The third-order valence-electron chi connectivity index (χ3n) is 2.82.